The van der Waals surface area contributed by atoms with Crippen molar-refractivity contribution < 1.29 is 4.42 Å². The van der Waals surface area contributed by atoms with Crippen molar-refractivity contribution in [2.24, 2.45) is 11.3 Å². The Hall–Kier alpha value is -0.900. The van der Waals surface area contributed by atoms with Gasteiger partial charge in [0.1, 0.15) is 0 Å². The molecule has 1 aliphatic carbocycles. The minimum absolute atomic E-state index is 0.146. The molecule has 0 radical (unpaired) electrons. The lowest BCUT2D eigenvalue weighted by Gasteiger charge is -2.36. The molecule has 2 rings (SSSR count). The maximum atomic E-state index is 5.87. The molecule has 114 valence electrons. The van der Waals surface area contributed by atoms with Crippen molar-refractivity contribution in [3.05, 3.63) is 11.8 Å². The lowest BCUT2D eigenvalue weighted by atomic mass is 9.70. The Labute approximate surface area is 122 Å². The lowest BCUT2D eigenvalue weighted by molar-refractivity contribution is 0.161. The van der Waals surface area contributed by atoms with E-state index in [1.54, 1.807) is 0 Å². The maximum absolute atomic E-state index is 5.87. The summed E-state index contributed by atoms with van der Waals surface area (Å²) in [6.45, 7) is 12.1. The van der Waals surface area contributed by atoms with Gasteiger partial charge in [0.25, 0.3) is 0 Å². The molecular weight excluding hydrogens is 250 g/mol. The Kier molecular flexibility index (Phi) is 4.84. The van der Waals surface area contributed by atoms with Gasteiger partial charge in [0.05, 0.1) is 6.04 Å². The normalized spacial score (nSPS) is 25.6. The zero-order chi connectivity index (χ0) is 14.8. The SMILES string of the molecule is CCNC(C)c1nnc(C2CCC(C(C)(C)C)CC2)o1. The van der Waals surface area contributed by atoms with Crippen LogP contribution in [0.2, 0.25) is 0 Å². The molecule has 0 spiro atoms. The highest BCUT2D eigenvalue weighted by Crippen LogP contribution is 2.42. The van der Waals surface area contributed by atoms with E-state index in [9.17, 15) is 0 Å². The third-order valence-electron chi connectivity index (χ3n) is 4.64. The van der Waals surface area contributed by atoms with Crippen LogP contribution in [-0.2, 0) is 0 Å². The monoisotopic (exact) mass is 279 g/mol. The van der Waals surface area contributed by atoms with E-state index < -0.39 is 0 Å². The quantitative estimate of drug-likeness (QED) is 0.903. The average molecular weight is 279 g/mol. The van der Waals surface area contributed by atoms with Gasteiger partial charge in [-0.3, -0.25) is 0 Å². The highest BCUT2D eigenvalue weighted by Gasteiger charge is 2.32. The van der Waals surface area contributed by atoms with Crippen LogP contribution in [0, 0.1) is 11.3 Å². The summed E-state index contributed by atoms with van der Waals surface area (Å²) < 4.78 is 5.87. The molecule has 1 atom stereocenters. The molecule has 1 aromatic heterocycles. The van der Waals surface area contributed by atoms with Crippen molar-refractivity contribution in [1.82, 2.24) is 15.5 Å². The summed E-state index contributed by atoms with van der Waals surface area (Å²) in [4.78, 5) is 0. The fraction of sp³-hybridized carbons (Fsp3) is 0.875. The highest BCUT2D eigenvalue weighted by molar-refractivity contribution is 4.97. The molecule has 0 bridgehead atoms. The third kappa shape index (κ3) is 3.60. The van der Waals surface area contributed by atoms with E-state index in [1.807, 2.05) is 0 Å². The van der Waals surface area contributed by atoms with E-state index in [1.165, 1.54) is 25.7 Å². The van der Waals surface area contributed by atoms with Crippen LogP contribution in [0.1, 0.15) is 84.0 Å². The number of aromatic nitrogens is 2. The smallest absolute Gasteiger partial charge is 0.233 e. The molecule has 0 aromatic carbocycles. The van der Waals surface area contributed by atoms with Crippen LogP contribution in [0.4, 0.5) is 0 Å². The first-order valence-electron chi connectivity index (χ1n) is 7.98. The van der Waals surface area contributed by atoms with Crippen LogP contribution in [0.25, 0.3) is 0 Å². The van der Waals surface area contributed by atoms with E-state index in [2.05, 4.69) is 50.1 Å². The molecule has 1 unspecified atom stereocenters. The zero-order valence-electron chi connectivity index (χ0n) is 13.6. The van der Waals surface area contributed by atoms with Gasteiger partial charge in [-0.15, -0.1) is 10.2 Å². The predicted octanol–water partition coefficient (Wildman–Crippen LogP) is 4.06. The molecule has 20 heavy (non-hydrogen) atoms. The Morgan fingerprint density at radius 1 is 1.20 bits per heavy atom. The van der Waals surface area contributed by atoms with Crippen molar-refractivity contribution in [3.8, 4) is 0 Å². The van der Waals surface area contributed by atoms with E-state index in [0.717, 1.165) is 24.2 Å². The van der Waals surface area contributed by atoms with Crippen LogP contribution in [0.15, 0.2) is 4.42 Å². The van der Waals surface area contributed by atoms with E-state index >= 15 is 0 Å². The fourth-order valence-corrected chi connectivity index (χ4v) is 3.19. The van der Waals surface area contributed by atoms with Gasteiger partial charge in [-0.1, -0.05) is 27.7 Å². The van der Waals surface area contributed by atoms with Gasteiger partial charge in [0.2, 0.25) is 11.8 Å². The molecule has 0 saturated heterocycles. The van der Waals surface area contributed by atoms with Crippen molar-refractivity contribution in [2.45, 2.75) is 72.3 Å². The maximum Gasteiger partial charge on any atom is 0.233 e. The molecule has 0 amide bonds. The molecule has 1 N–H and O–H groups in total. The average Bonchev–Trinajstić information content (AvgIpc) is 2.88. The molecule has 4 nitrogen and oxygen atoms in total. The minimum atomic E-state index is 0.146. The Bertz CT molecular complexity index is 414. The molecule has 1 aliphatic rings. The fourth-order valence-electron chi connectivity index (χ4n) is 3.19. The van der Waals surface area contributed by atoms with E-state index in [4.69, 9.17) is 4.42 Å². The molecule has 1 fully saturated rings. The van der Waals surface area contributed by atoms with Gasteiger partial charge in [-0.2, -0.15) is 0 Å². The first kappa shape index (κ1) is 15.5. The van der Waals surface area contributed by atoms with Crippen LogP contribution in [-0.4, -0.2) is 16.7 Å². The van der Waals surface area contributed by atoms with Crippen molar-refractivity contribution in [2.75, 3.05) is 6.54 Å². The third-order valence-corrected chi connectivity index (χ3v) is 4.64. The van der Waals surface area contributed by atoms with Gasteiger partial charge < -0.3 is 9.73 Å². The number of rotatable bonds is 4. The van der Waals surface area contributed by atoms with Gasteiger partial charge in [-0.05, 0) is 50.5 Å². The molecule has 1 aromatic rings. The second kappa shape index (κ2) is 6.25. The summed E-state index contributed by atoms with van der Waals surface area (Å²) in [5, 5.41) is 11.8. The van der Waals surface area contributed by atoms with E-state index in [-0.39, 0.29) is 6.04 Å². The summed E-state index contributed by atoms with van der Waals surface area (Å²) in [5.74, 6) is 2.85. The molecular formula is C16H29N3O. The zero-order valence-corrected chi connectivity index (χ0v) is 13.6. The van der Waals surface area contributed by atoms with Crippen molar-refractivity contribution in [3.63, 3.8) is 0 Å². The number of hydrogen-bond donors (Lipinski definition) is 1. The highest BCUT2D eigenvalue weighted by atomic mass is 16.4. The van der Waals surface area contributed by atoms with Crippen LogP contribution in [0.5, 0.6) is 0 Å². The van der Waals surface area contributed by atoms with E-state index in [0.29, 0.717) is 11.3 Å². The van der Waals surface area contributed by atoms with Gasteiger partial charge in [-0.25, -0.2) is 0 Å². The molecule has 4 heteroatoms. The van der Waals surface area contributed by atoms with Gasteiger partial charge in [0, 0.05) is 5.92 Å². The predicted molar refractivity (Wildman–Crippen MR) is 80.5 cm³/mol. The van der Waals surface area contributed by atoms with Gasteiger partial charge in [0.15, 0.2) is 0 Å². The lowest BCUT2D eigenvalue weighted by Crippen LogP contribution is -2.25. The number of nitrogens with zero attached hydrogens (tertiary/aromatic N) is 2. The van der Waals surface area contributed by atoms with Crippen LogP contribution in [0.3, 0.4) is 0 Å². The number of nitrogens with one attached hydrogen (secondary N) is 1. The summed E-state index contributed by atoms with van der Waals surface area (Å²) in [7, 11) is 0. The molecule has 1 heterocycles. The first-order valence-corrected chi connectivity index (χ1v) is 7.98. The van der Waals surface area contributed by atoms with Crippen LogP contribution >= 0.6 is 0 Å². The van der Waals surface area contributed by atoms with Crippen LogP contribution < -0.4 is 5.32 Å². The second-order valence-corrected chi connectivity index (χ2v) is 7.17. The summed E-state index contributed by atoms with van der Waals surface area (Å²) in [6, 6.07) is 0.146. The van der Waals surface area contributed by atoms with Crippen molar-refractivity contribution in [1.29, 1.82) is 0 Å². The van der Waals surface area contributed by atoms with Gasteiger partial charge >= 0.3 is 0 Å². The summed E-state index contributed by atoms with van der Waals surface area (Å²) in [6.07, 6.45) is 4.90. The first-order chi connectivity index (χ1) is 9.41. The Morgan fingerprint density at radius 2 is 1.85 bits per heavy atom. The topological polar surface area (TPSA) is 51.0 Å². The molecule has 1 saturated carbocycles. The summed E-state index contributed by atoms with van der Waals surface area (Å²) >= 11 is 0. The largest absolute Gasteiger partial charge is 0.423 e. The minimum Gasteiger partial charge on any atom is -0.423 e. The number of hydrogen-bond acceptors (Lipinski definition) is 4. The second-order valence-electron chi connectivity index (χ2n) is 7.17. The Morgan fingerprint density at radius 3 is 2.40 bits per heavy atom. The standard InChI is InChI=1S/C16H29N3O/c1-6-17-11(2)14-18-19-15(20-14)12-7-9-13(10-8-12)16(3,4)5/h11-13,17H,6-10H2,1-5H3. The van der Waals surface area contributed by atoms with Crippen molar-refractivity contribution >= 4 is 0 Å². The molecule has 0 aliphatic heterocycles. The summed E-state index contributed by atoms with van der Waals surface area (Å²) in [5.41, 5.74) is 0.421. The Balaban J connectivity index is 1.94.